The van der Waals surface area contributed by atoms with Gasteiger partial charge in [-0.2, -0.15) is 13.2 Å². The predicted molar refractivity (Wildman–Crippen MR) is 76.0 cm³/mol. The van der Waals surface area contributed by atoms with Crippen LogP contribution in [0.25, 0.3) is 0 Å². The van der Waals surface area contributed by atoms with Crippen molar-refractivity contribution in [2.75, 3.05) is 22.3 Å². The van der Waals surface area contributed by atoms with Gasteiger partial charge in [0.2, 0.25) is 10.0 Å². The van der Waals surface area contributed by atoms with Crippen molar-refractivity contribution in [3.63, 3.8) is 0 Å². The van der Waals surface area contributed by atoms with Crippen LogP contribution >= 0.6 is 0 Å². The van der Waals surface area contributed by atoms with E-state index in [9.17, 15) is 21.6 Å². The van der Waals surface area contributed by atoms with Crippen molar-refractivity contribution in [2.24, 2.45) is 0 Å². The lowest BCUT2D eigenvalue weighted by molar-refractivity contribution is -0.134. The van der Waals surface area contributed by atoms with E-state index in [1.807, 2.05) is 6.07 Å². The lowest BCUT2D eigenvalue weighted by Crippen LogP contribution is -2.21. The van der Waals surface area contributed by atoms with Gasteiger partial charge in [0.1, 0.15) is 0 Å². The summed E-state index contributed by atoms with van der Waals surface area (Å²) in [6.07, 6.45) is -4.23. The molecule has 0 bridgehead atoms. The Hall–Kier alpha value is -1.44. The Labute approximate surface area is 121 Å². The van der Waals surface area contributed by atoms with Crippen molar-refractivity contribution < 1.29 is 21.6 Å². The topological polar surface area (TPSA) is 58.2 Å². The van der Waals surface area contributed by atoms with Crippen LogP contribution in [0.1, 0.15) is 24.8 Å². The molecule has 0 unspecified atom stereocenters. The molecule has 1 aromatic carbocycles. The van der Waals surface area contributed by atoms with Gasteiger partial charge in [-0.3, -0.25) is 4.72 Å². The van der Waals surface area contributed by atoms with Crippen LogP contribution in [0, 0.1) is 0 Å². The lowest BCUT2D eigenvalue weighted by atomic mass is 10.0. The minimum atomic E-state index is -4.33. The molecule has 0 spiro atoms. The summed E-state index contributed by atoms with van der Waals surface area (Å²) in [7, 11) is -3.77. The van der Waals surface area contributed by atoms with Crippen molar-refractivity contribution in [1.29, 1.82) is 0 Å². The average molecular weight is 322 g/mol. The highest BCUT2D eigenvalue weighted by atomic mass is 32.2. The quantitative estimate of drug-likeness (QED) is 0.875. The number of fused-ring (bicyclic) bond motifs is 1. The summed E-state index contributed by atoms with van der Waals surface area (Å²) in [5.41, 5.74) is 2.19. The van der Waals surface area contributed by atoms with E-state index in [-0.39, 0.29) is 0 Å². The Kier molecular flexibility index (Phi) is 4.65. The molecule has 0 atom stereocenters. The number of hydrogen-bond donors (Lipinski definition) is 2. The van der Waals surface area contributed by atoms with Crippen molar-refractivity contribution in [3.05, 3.63) is 23.8 Å². The highest BCUT2D eigenvalue weighted by Crippen LogP contribution is 2.29. The molecule has 118 valence electrons. The Morgan fingerprint density at radius 1 is 1.29 bits per heavy atom. The third-order valence-corrected chi connectivity index (χ3v) is 4.59. The summed E-state index contributed by atoms with van der Waals surface area (Å²) in [6.45, 7) is 0.828. The van der Waals surface area contributed by atoms with Crippen LogP contribution in [0.4, 0.5) is 24.5 Å². The normalized spacial score (nSPS) is 15.2. The largest absolute Gasteiger partial charge is 0.389 e. The molecule has 8 heteroatoms. The SMILES string of the molecule is O=S(=O)(CCCC(F)(F)F)Nc1cccc2c1CCCN2. The van der Waals surface area contributed by atoms with Gasteiger partial charge < -0.3 is 5.32 Å². The lowest BCUT2D eigenvalue weighted by Gasteiger charge is -2.21. The number of rotatable bonds is 5. The van der Waals surface area contributed by atoms with Gasteiger partial charge in [0.25, 0.3) is 0 Å². The van der Waals surface area contributed by atoms with E-state index in [4.69, 9.17) is 0 Å². The third-order valence-electron chi connectivity index (χ3n) is 3.23. The highest BCUT2D eigenvalue weighted by Gasteiger charge is 2.27. The van der Waals surface area contributed by atoms with Crippen LogP contribution in [-0.4, -0.2) is 26.9 Å². The van der Waals surface area contributed by atoms with E-state index >= 15 is 0 Å². The van der Waals surface area contributed by atoms with Crippen molar-refractivity contribution >= 4 is 21.4 Å². The molecule has 0 aromatic heterocycles. The second-order valence-corrected chi connectivity index (χ2v) is 6.84. The van der Waals surface area contributed by atoms with E-state index < -0.39 is 34.8 Å². The zero-order chi connectivity index (χ0) is 15.5. The fourth-order valence-corrected chi connectivity index (χ4v) is 3.44. The van der Waals surface area contributed by atoms with E-state index in [1.54, 1.807) is 12.1 Å². The van der Waals surface area contributed by atoms with Crippen molar-refractivity contribution in [1.82, 2.24) is 0 Å². The van der Waals surface area contributed by atoms with Gasteiger partial charge in [-0.25, -0.2) is 8.42 Å². The van der Waals surface area contributed by atoms with Gasteiger partial charge in [0.05, 0.1) is 11.4 Å². The summed E-state index contributed by atoms with van der Waals surface area (Å²) in [4.78, 5) is 0. The average Bonchev–Trinajstić information content (AvgIpc) is 2.37. The number of alkyl halides is 3. The third kappa shape index (κ3) is 4.80. The molecule has 2 rings (SSSR count). The Morgan fingerprint density at radius 3 is 2.76 bits per heavy atom. The standard InChI is InChI=1S/C13H17F3N2O2S/c14-13(15,16)7-3-9-21(19,20)18-12-6-1-5-11-10(12)4-2-8-17-11/h1,5-6,17-18H,2-4,7-9H2. The highest BCUT2D eigenvalue weighted by molar-refractivity contribution is 7.92. The fraction of sp³-hybridized carbons (Fsp3) is 0.538. The van der Waals surface area contributed by atoms with Gasteiger partial charge >= 0.3 is 6.18 Å². The number of anilines is 2. The van der Waals surface area contributed by atoms with Gasteiger partial charge in [-0.1, -0.05) is 6.07 Å². The Balaban J connectivity index is 2.03. The zero-order valence-electron chi connectivity index (χ0n) is 11.3. The molecule has 1 aromatic rings. The van der Waals surface area contributed by atoms with Gasteiger partial charge in [0.15, 0.2) is 0 Å². The number of sulfonamides is 1. The van der Waals surface area contributed by atoms with Crippen molar-refractivity contribution in [2.45, 2.75) is 31.9 Å². The Morgan fingerprint density at radius 2 is 2.05 bits per heavy atom. The number of halogens is 3. The number of nitrogens with one attached hydrogen (secondary N) is 2. The minimum Gasteiger partial charge on any atom is -0.385 e. The monoisotopic (exact) mass is 322 g/mol. The summed E-state index contributed by atoms with van der Waals surface area (Å²) in [5, 5.41) is 3.17. The second-order valence-electron chi connectivity index (χ2n) is 5.00. The molecule has 0 aliphatic carbocycles. The smallest absolute Gasteiger partial charge is 0.385 e. The van der Waals surface area contributed by atoms with Crippen LogP contribution in [-0.2, 0) is 16.4 Å². The van der Waals surface area contributed by atoms with Gasteiger partial charge in [-0.05, 0) is 37.0 Å². The summed E-state index contributed by atoms with van der Waals surface area (Å²) >= 11 is 0. The first-order valence-corrected chi connectivity index (χ1v) is 8.35. The van der Waals surface area contributed by atoms with E-state index in [0.29, 0.717) is 5.69 Å². The molecule has 0 saturated heterocycles. The maximum Gasteiger partial charge on any atom is 0.389 e. The molecule has 0 saturated carbocycles. The van der Waals surface area contributed by atoms with Gasteiger partial charge in [-0.15, -0.1) is 0 Å². The molecule has 2 N–H and O–H groups in total. The predicted octanol–water partition coefficient (Wildman–Crippen LogP) is 3.13. The molecular formula is C13H17F3N2O2S. The zero-order valence-corrected chi connectivity index (χ0v) is 12.1. The molecule has 4 nitrogen and oxygen atoms in total. The van der Waals surface area contributed by atoms with Crippen LogP contribution in [0.15, 0.2) is 18.2 Å². The van der Waals surface area contributed by atoms with Crippen LogP contribution < -0.4 is 10.0 Å². The first-order chi connectivity index (χ1) is 9.77. The summed E-state index contributed by atoms with van der Waals surface area (Å²) in [6, 6.07) is 5.20. The first kappa shape index (κ1) is 15.9. The van der Waals surface area contributed by atoms with Gasteiger partial charge in [0, 0.05) is 18.7 Å². The second kappa shape index (κ2) is 6.13. The maximum absolute atomic E-state index is 12.1. The van der Waals surface area contributed by atoms with E-state index in [1.165, 1.54) is 0 Å². The number of benzene rings is 1. The first-order valence-electron chi connectivity index (χ1n) is 6.70. The number of hydrogen-bond acceptors (Lipinski definition) is 3. The molecule has 21 heavy (non-hydrogen) atoms. The molecule has 0 radical (unpaired) electrons. The summed E-state index contributed by atoms with van der Waals surface area (Å²) in [5.74, 6) is -0.538. The minimum absolute atomic E-state index is 0.438. The maximum atomic E-state index is 12.1. The van der Waals surface area contributed by atoms with Crippen LogP contribution in [0.2, 0.25) is 0 Å². The molecule has 1 aliphatic heterocycles. The molecule has 0 fully saturated rings. The van der Waals surface area contributed by atoms with E-state index in [2.05, 4.69) is 10.0 Å². The molecule has 0 amide bonds. The summed E-state index contributed by atoms with van der Waals surface area (Å²) < 4.78 is 62.3. The van der Waals surface area contributed by atoms with Crippen LogP contribution in [0.5, 0.6) is 0 Å². The van der Waals surface area contributed by atoms with Crippen LogP contribution in [0.3, 0.4) is 0 Å². The molecule has 1 aliphatic rings. The van der Waals surface area contributed by atoms with E-state index in [0.717, 1.165) is 30.6 Å². The van der Waals surface area contributed by atoms with Crippen molar-refractivity contribution in [3.8, 4) is 0 Å². The Bertz CT molecular complexity index is 600. The fourth-order valence-electron chi connectivity index (χ4n) is 2.29. The molecule has 1 heterocycles. The molecular weight excluding hydrogens is 305 g/mol.